The number of fused-ring (bicyclic) bond motifs is 1. The van der Waals surface area contributed by atoms with Crippen molar-refractivity contribution in [3.63, 3.8) is 0 Å². The smallest absolute Gasteiger partial charge is 0.0891 e. The molecule has 1 fully saturated rings. The lowest BCUT2D eigenvalue weighted by molar-refractivity contribution is -0.0200. The lowest BCUT2D eigenvalue weighted by Crippen LogP contribution is -2.41. The first-order valence-corrected chi connectivity index (χ1v) is 6.03. The van der Waals surface area contributed by atoms with E-state index in [9.17, 15) is 0 Å². The molecule has 0 amide bonds. The minimum atomic E-state index is 0.332. The van der Waals surface area contributed by atoms with E-state index in [0.717, 1.165) is 24.1 Å². The van der Waals surface area contributed by atoms with Crippen LogP contribution in [0.2, 0.25) is 0 Å². The fourth-order valence-electron chi connectivity index (χ4n) is 2.13. The summed E-state index contributed by atoms with van der Waals surface area (Å²) < 4.78 is 5.74. The van der Waals surface area contributed by atoms with Crippen molar-refractivity contribution in [3.8, 4) is 0 Å². The van der Waals surface area contributed by atoms with Crippen LogP contribution in [0.4, 0.5) is 0 Å². The number of para-hydroxylation sites is 1. The molecule has 0 bridgehead atoms. The van der Waals surface area contributed by atoms with Crippen LogP contribution >= 0.6 is 0 Å². The van der Waals surface area contributed by atoms with Crippen molar-refractivity contribution in [1.82, 2.24) is 4.98 Å². The standard InChI is InChI=1S/C14H16N2O/c15-11-7-13(8-11)17-9-12-6-5-10-3-1-2-4-14(10)16-12/h1-6,11,13H,7-9,15H2. The first-order valence-electron chi connectivity index (χ1n) is 6.03. The predicted molar refractivity (Wildman–Crippen MR) is 67.5 cm³/mol. The molecule has 0 saturated heterocycles. The molecule has 88 valence electrons. The van der Waals surface area contributed by atoms with Gasteiger partial charge in [-0.2, -0.15) is 0 Å². The van der Waals surface area contributed by atoms with Crippen molar-refractivity contribution in [2.45, 2.75) is 31.6 Å². The average Bonchev–Trinajstić information content (AvgIpc) is 2.33. The topological polar surface area (TPSA) is 48.1 Å². The second kappa shape index (κ2) is 4.43. The molecule has 0 atom stereocenters. The van der Waals surface area contributed by atoms with Crippen LogP contribution in [0, 0.1) is 0 Å². The van der Waals surface area contributed by atoms with Crippen LogP contribution in [-0.4, -0.2) is 17.1 Å². The molecule has 3 rings (SSSR count). The molecule has 0 unspecified atom stereocenters. The molecular weight excluding hydrogens is 212 g/mol. The summed E-state index contributed by atoms with van der Waals surface area (Å²) in [4.78, 5) is 4.57. The quantitative estimate of drug-likeness (QED) is 0.876. The molecule has 17 heavy (non-hydrogen) atoms. The fourth-order valence-corrected chi connectivity index (χ4v) is 2.13. The van der Waals surface area contributed by atoms with Crippen LogP contribution in [-0.2, 0) is 11.3 Å². The Morgan fingerprint density at radius 3 is 2.82 bits per heavy atom. The van der Waals surface area contributed by atoms with E-state index in [4.69, 9.17) is 10.5 Å². The molecule has 1 aromatic heterocycles. The largest absolute Gasteiger partial charge is 0.372 e. The zero-order valence-corrected chi connectivity index (χ0v) is 9.67. The minimum Gasteiger partial charge on any atom is -0.372 e. The third-order valence-corrected chi connectivity index (χ3v) is 3.25. The molecule has 3 heteroatoms. The Labute approximate surface area is 101 Å². The van der Waals surface area contributed by atoms with Gasteiger partial charge in [0.1, 0.15) is 0 Å². The van der Waals surface area contributed by atoms with Crippen LogP contribution in [0.25, 0.3) is 10.9 Å². The SMILES string of the molecule is NC1CC(OCc2ccc3ccccc3n2)C1. The Balaban J connectivity index is 1.68. The fraction of sp³-hybridized carbons (Fsp3) is 0.357. The maximum atomic E-state index is 5.74. The highest BCUT2D eigenvalue weighted by Crippen LogP contribution is 2.22. The van der Waals surface area contributed by atoms with Crippen LogP contribution in [0.5, 0.6) is 0 Å². The van der Waals surface area contributed by atoms with Gasteiger partial charge in [0, 0.05) is 11.4 Å². The third-order valence-electron chi connectivity index (χ3n) is 3.25. The van der Waals surface area contributed by atoms with Gasteiger partial charge in [0.15, 0.2) is 0 Å². The van der Waals surface area contributed by atoms with E-state index < -0.39 is 0 Å². The molecule has 3 nitrogen and oxygen atoms in total. The van der Waals surface area contributed by atoms with E-state index in [1.807, 2.05) is 24.3 Å². The van der Waals surface area contributed by atoms with Crippen molar-refractivity contribution in [3.05, 3.63) is 42.1 Å². The number of aromatic nitrogens is 1. The molecule has 1 aliphatic rings. The average molecular weight is 228 g/mol. The lowest BCUT2D eigenvalue weighted by atomic mass is 9.90. The molecule has 1 saturated carbocycles. The molecule has 0 aliphatic heterocycles. The number of nitrogens with two attached hydrogens (primary N) is 1. The van der Waals surface area contributed by atoms with Crippen molar-refractivity contribution < 1.29 is 4.74 Å². The van der Waals surface area contributed by atoms with Gasteiger partial charge in [-0.3, -0.25) is 4.98 Å². The van der Waals surface area contributed by atoms with Crippen molar-refractivity contribution in [2.24, 2.45) is 5.73 Å². The molecule has 1 aromatic carbocycles. The number of nitrogens with zero attached hydrogens (tertiary/aromatic N) is 1. The maximum Gasteiger partial charge on any atom is 0.0891 e. The number of pyridine rings is 1. The van der Waals surface area contributed by atoms with Gasteiger partial charge in [-0.25, -0.2) is 0 Å². The number of benzene rings is 1. The van der Waals surface area contributed by atoms with E-state index >= 15 is 0 Å². The molecular formula is C14H16N2O. The van der Waals surface area contributed by atoms with Gasteiger partial charge in [0.05, 0.1) is 23.9 Å². The third kappa shape index (κ3) is 2.30. The molecule has 0 spiro atoms. The van der Waals surface area contributed by atoms with Crippen LogP contribution in [0.1, 0.15) is 18.5 Å². The van der Waals surface area contributed by atoms with E-state index in [2.05, 4.69) is 17.1 Å². The summed E-state index contributed by atoms with van der Waals surface area (Å²) in [5, 5.41) is 1.17. The van der Waals surface area contributed by atoms with Crippen molar-refractivity contribution in [2.75, 3.05) is 0 Å². The van der Waals surface area contributed by atoms with Crippen molar-refractivity contribution >= 4 is 10.9 Å². The summed E-state index contributed by atoms with van der Waals surface area (Å²) in [6.07, 6.45) is 2.29. The maximum absolute atomic E-state index is 5.74. The van der Waals surface area contributed by atoms with Gasteiger partial charge in [0.25, 0.3) is 0 Å². The van der Waals surface area contributed by atoms with E-state index in [1.54, 1.807) is 0 Å². The monoisotopic (exact) mass is 228 g/mol. The summed E-state index contributed by atoms with van der Waals surface area (Å²) in [5.41, 5.74) is 7.73. The summed E-state index contributed by atoms with van der Waals surface area (Å²) in [5.74, 6) is 0. The number of ether oxygens (including phenoxy) is 1. The Morgan fingerprint density at radius 1 is 1.18 bits per heavy atom. The summed E-state index contributed by atoms with van der Waals surface area (Å²) in [6.45, 7) is 0.586. The Bertz CT molecular complexity index is 520. The zero-order valence-electron chi connectivity index (χ0n) is 9.67. The van der Waals surface area contributed by atoms with E-state index in [-0.39, 0.29) is 0 Å². The highest BCUT2D eigenvalue weighted by molar-refractivity contribution is 5.78. The normalized spacial score (nSPS) is 23.6. The highest BCUT2D eigenvalue weighted by atomic mass is 16.5. The summed E-state index contributed by atoms with van der Waals surface area (Å²) in [6, 6.07) is 12.6. The molecule has 1 aliphatic carbocycles. The number of hydrogen-bond acceptors (Lipinski definition) is 3. The Morgan fingerprint density at radius 2 is 2.00 bits per heavy atom. The molecule has 2 aromatic rings. The second-order valence-electron chi connectivity index (χ2n) is 4.66. The molecule has 0 radical (unpaired) electrons. The first kappa shape index (κ1) is 10.7. The predicted octanol–water partition coefficient (Wildman–Crippen LogP) is 2.24. The van der Waals surface area contributed by atoms with Crippen LogP contribution in [0.15, 0.2) is 36.4 Å². The van der Waals surface area contributed by atoms with Crippen LogP contribution in [0.3, 0.4) is 0 Å². The van der Waals surface area contributed by atoms with E-state index in [0.29, 0.717) is 18.8 Å². The molecule has 1 heterocycles. The minimum absolute atomic E-state index is 0.332. The number of hydrogen-bond donors (Lipinski definition) is 1. The number of rotatable bonds is 3. The van der Waals surface area contributed by atoms with Crippen molar-refractivity contribution in [1.29, 1.82) is 0 Å². The van der Waals surface area contributed by atoms with Gasteiger partial charge in [-0.05, 0) is 25.0 Å². The second-order valence-corrected chi connectivity index (χ2v) is 4.66. The Kier molecular flexibility index (Phi) is 2.79. The lowest BCUT2D eigenvalue weighted by Gasteiger charge is -2.32. The zero-order chi connectivity index (χ0) is 11.7. The Hall–Kier alpha value is -1.45. The summed E-state index contributed by atoms with van der Waals surface area (Å²) >= 11 is 0. The van der Waals surface area contributed by atoms with Gasteiger partial charge in [-0.1, -0.05) is 24.3 Å². The van der Waals surface area contributed by atoms with E-state index in [1.165, 1.54) is 5.39 Å². The first-order chi connectivity index (χ1) is 8.31. The summed E-state index contributed by atoms with van der Waals surface area (Å²) in [7, 11) is 0. The van der Waals surface area contributed by atoms with Gasteiger partial charge < -0.3 is 10.5 Å². The molecule has 2 N–H and O–H groups in total. The highest BCUT2D eigenvalue weighted by Gasteiger charge is 2.26. The van der Waals surface area contributed by atoms with Gasteiger partial charge in [0.2, 0.25) is 0 Å². The van der Waals surface area contributed by atoms with Crippen LogP contribution < -0.4 is 5.73 Å². The van der Waals surface area contributed by atoms with Gasteiger partial charge >= 0.3 is 0 Å². The van der Waals surface area contributed by atoms with Gasteiger partial charge in [-0.15, -0.1) is 0 Å².